The molecule has 2 N–H and O–H groups in total. The maximum Gasteiger partial charge on any atom is 0.269 e. The van der Waals surface area contributed by atoms with Crippen molar-refractivity contribution in [1.29, 1.82) is 0 Å². The van der Waals surface area contributed by atoms with E-state index in [-0.39, 0.29) is 11.8 Å². The molecule has 2 amide bonds. The van der Waals surface area contributed by atoms with E-state index in [1.54, 1.807) is 36.4 Å². The SMILES string of the molecule is O=C(CC1CCCC1)NNC(=O)c1ccc(COc2ccc(Cl)cc2)cc1. The van der Waals surface area contributed by atoms with Crippen LogP contribution in [0.15, 0.2) is 48.5 Å². The Kier molecular flexibility index (Phi) is 6.71. The molecule has 1 fully saturated rings. The van der Waals surface area contributed by atoms with Crippen molar-refractivity contribution in [3.8, 4) is 5.75 Å². The average Bonchev–Trinajstić information content (AvgIpc) is 3.19. The molecule has 0 saturated heterocycles. The van der Waals surface area contributed by atoms with Crippen molar-refractivity contribution in [1.82, 2.24) is 10.9 Å². The lowest BCUT2D eigenvalue weighted by atomic mass is 10.0. The molecule has 0 spiro atoms. The van der Waals surface area contributed by atoms with Crippen LogP contribution >= 0.6 is 11.6 Å². The largest absolute Gasteiger partial charge is 0.489 e. The van der Waals surface area contributed by atoms with Crippen LogP contribution in [0.2, 0.25) is 5.02 Å². The van der Waals surface area contributed by atoms with Gasteiger partial charge in [0.05, 0.1) is 0 Å². The molecule has 0 aromatic heterocycles. The molecule has 0 radical (unpaired) electrons. The van der Waals surface area contributed by atoms with Crippen LogP contribution in [0.25, 0.3) is 0 Å². The minimum Gasteiger partial charge on any atom is -0.489 e. The van der Waals surface area contributed by atoms with Gasteiger partial charge >= 0.3 is 0 Å². The van der Waals surface area contributed by atoms with Crippen molar-refractivity contribution in [2.45, 2.75) is 38.7 Å². The van der Waals surface area contributed by atoms with Crippen LogP contribution in [-0.4, -0.2) is 11.8 Å². The summed E-state index contributed by atoms with van der Waals surface area (Å²) in [5, 5.41) is 0.660. The van der Waals surface area contributed by atoms with Gasteiger partial charge in [-0.25, -0.2) is 0 Å². The van der Waals surface area contributed by atoms with Crippen LogP contribution in [0.3, 0.4) is 0 Å². The van der Waals surface area contributed by atoms with Gasteiger partial charge in [-0.3, -0.25) is 20.4 Å². The van der Waals surface area contributed by atoms with Gasteiger partial charge in [0.1, 0.15) is 12.4 Å². The summed E-state index contributed by atoms with van der Waals surface area (Å²) < 4.78 is 5.67. The Balaban J connectivity index is 1.43. The number of hydrogen-bond donors (Lipinski definition) is 2. The fraction of sp³-hybridized carbons (Fsp3) is 0.333. The van der Waals surface area contributed by atoms with Gasteiger partial charge < -0.3 is 4.74 Å². The molecule has 1 aliphatic rings. The van der Waals surface area contributed by atoms with Crippen LogP contribution in [-0.2, 0) is 11.4 Å². The summed E-state index contributed by atoms with van der Waals surface area (Å²) in [6, 6.07) is 14.2. The molecular weight excluding hydrogens is 364 g/mol. The van der Waals surface area contributed by atoms with E-state index in [1.807, 2.05) is 12.1 Å². The second kappa shape index (κ2) is 9.42. The number of hydrogen-bond acceptors (Lipinski definition) is 3. The van der Waals surface area contributed by atoms with Crippen LogP contribution in [0.1, 0.15) is 48.0 Å². The van der Waals surface area contributed by atoms with E-state index < -0.39 is 0 Å². The maximum atomic E-state index is 12.1. The van der Waals surface area contributed by atoms with Crippen LogP contribution in [0.4, 0.5) is 0 Å². The molecule has 0 heterocycles. The lowest BCUT2D eigenvalue weighted by Gasteiger charge is -2.11. The molecule has 3 rings (SSSR count). The van der Waals surface area contributed by atoms with Crippen LogP contribution in [0, 0.1) is 5.92 Å². The van der Waals surface area contributed by atoms with E-state index in [0.717, 1.165) is 24.2 Å². The molecule has 0 atom stereocenters. The Morgan fingerprint density at radius 3 is 2.30 bits per heavy atom. The van der Waals surface area contributed by atoms with E-state index in [2.05, 4.69) is 10.9 Å². The highest BCUT2D eigenvalue weighted by molar-refractivity contribution is 6.30. The van der Waals surface area contributed by atoms with Gasteiger partial charge in [-0.05, 0) is 60.7 Å². The quantitative estimate of drug-likeness (QED) is 0.729. The smallest absolute Gasteiger partial charge is 0.269 e. The van der Waals surface area contributed by atoms with Crippen molar-refractivity contribution in [2.24, 2.45) is 5.92 Å². The summed E-state index contributed by atoms with van der Waals surface area (Å²) in [6.45, 7) is 0.391. The number of hydrazine groups is 1. The molecular formula is C21H23ClN2O3. The first-order valence-corrected chi connectivity index (χ1v) is 9.54. The summed E-state index contributed by atoms with van der Waals surface area (Å²) in [5.74, 6) is 0.705. The number of carbonyl (C=O) groups is 2. The zero-order valence-electron chi connectivity index (χ0n) is 15.0. The van der Waals surface area contributed by atoms with Gasteiger partial charge in [-0.1, -0.05) is 36.6 Å². The molecule has 5 nitrogen and oxygen atoms in total. The van der Waals surface area contributed by atoms with Gasteiger partial charge in [0, 0.05) is 17.0 Å². The van der Waals surface area contributed by atoms with E-state index in [4.69, 9.17) is 16.3 Å². The van der Waals surface area contributed by atoms with Gasteiger partial charge in [-0.15, -0.1) is 0 Å². The maximum absolute atomic E-state index is 12.1. The monoisotopic (exact) mass is 386 g/mol. The summed E-state index contributed by atoms with van der Waals surface area (Å²) in [5.41, 5.74) is 6.39. The first-order chi connectivity index (χ1) is 13.1. The molecule has 1 saturated carbocycles. The zero-order chi connectivity index (χ0) is 19.1. The van der Waals surface area contributed by atoms with Crippen LogP contribution < -0.4 is 15.6 Å². The van der Waals surface area contributed by atoms with Gasteiger partial charge in [-0.2, -0.15) is 0 Å². The second-order valence-corrected chi connectivity index (χ2v) is 7.23. The number of nitrogens with one attached hydrogen (secondary N) is 2. The topological polar surface area (TPSA) is 67.4 Å². The molecule has 0 aliphatic heterocycles. The zero-order valence-corrected chi connectivity index (χ0v) is 15.8. The molecule has 1 aliphatic carbocycles. The Morgan fingerprint density at radius 2 is 1.63 bits per heavy atom. The molecule has 2 aromatic rings. The Labute approximate surface area is 164 Å². The predicted octanol–water partition coefficient (Wildman–Crippen LogP) is 4.26. The minimum atomic E-state index is -0.333. The van der Waals surface area contributed by atoms with E-state index in [9.17, 15) is 9.59 Å². The van der Waals surface area contributed by atoms with Gasteiger partial charge in [0.2, 0.25) is 5.91 Å². The van der Waals surface area contributed by atoms with E-state index >= 15 is 0 Å². The summed E-state index contributed by atoms with van der Waals surface area (Å²) in [4.78, 5) is 24.0. The highest BCUT2D eigenvalue weighted by Gasteiger charge is 2.18. The third-order valence-electron chi connectivity index (χ3n) is 4.70. The van der Waals surface area contributed by atoms with Gasteiger partial charge in [0.15, 0.2) is 0 Å². The Morgan fingerprint density at radius 1 is 0.963 bits per heavy atom. The van der Waals surface area contributed by atoms with E-state index in [0.29, 0.717) is 29.5 Å². The summed E-state index contributed by atoms with van der Waals surface area (Å²) >= 11 is 5.84. The number of amides is 2. The number of halogens is 1. The predicted molar refractivity (Wildman–Crippen MR) is 104 cm³/mol. The van der Waals surface area contributed by atoms with Crippen molar-refractivity contribution in [2.75, 3.05) is 0 Å². The van der Waals surface area contributed by atoms with Gasteiger partial charge in [0.25, 0.3) is 5.91 Å². The fourth-order valence-electron chi connectivity index (χ4n) is 3.18. The minimum absolute atomic E-state index is 0.136. The molecule has 2 aromatic carbocycles. The van der Waals surface area contributed by atoms with Crippen molar-refractivity contribution >= 4 is 23.4 Å². The molecule has 0 bridgehead atoms. The van der Waals surface area contributed by atoms with Crippen molar-refractivity contribution in [3.05, 3.63) is 64.7 Å². The summed E-state index contributed by atoms with van der Waals surface area (Å²) in [6.07, 6.45) is 5.06. The van der Waals surface area contributed by atoms with Crippen LogP contribution in [0.5, 0.6) is 5.75 Å². The summed E-state index contributed by atoms with van der Waals surface area (Å²) in [7, 11) is 0. The number of benzene rings is 2. The molecule has 142 valence electrons. The standard InChI is InChI=1S/C21H23ClN2O3/c22-18-9-11-19(12-10-18)27-14-16-5-7-17(8-6-16)21(26)24-23-20(25)13-15-3-1-2-4-15/h5-12,15H,1-4,13-14H2,(H,23,25)(H,24,26). The third-order valence-corrected chi connectivity index (χ3v) is 4.95. The fourth-order valence-corrected chi connectivity index (χ4v) is 3.30. The normalized spacial score (nSPS) is 14.0. The van der Waals surface area contributed by atoms with E-state index in [1.165, 1.54) is 12.8 Å². The lowest BCUT2D eigenvalue weighted by Crippen LogP contribution is -2.42. The Bertz CT molecular complexity index is 769. The second-order valence-electron chi connectivity index (χ2n) is 6.80. The molecule has 27 heavy (non-hydrogen) atoms. The number of rotatable bonds is 6. The molecule has 0 unspecified atom stereocenters. The van der Waals surface area contributed by atoms with Crippen molar-refractivity contribution < 1.29 is 14.3 Å². The first-order valence-electron chi connectivity index (χ1n) is 9.16. The van der Waals surface area contributed by atoms with Crippen molar-refractivity contribution in [3.63, 3.8) is 0 Å². The first kappa shape index (κ1) is 19.2. The highest BCUT2D eigenvalue weighted by atomic mass is 35.5. The highest BCUT2D eigenvalue weighted by Crippen LogP contribution is 2.27. The lowest BCUT2D eigenvalue weighted by molar-refractivity contribution is -0.122. The number of ether oxygens (including phenoxy) is 1. The number of carbonyl (C=O) groups excluding carboxylic acids is 2. The third kappa shape index (κ3) is 6.00. The Hall–Kier alpha value is -2.53. The average molecular weight is 387 g/mol. The molecule has 6 heteroatoms.